The second-order valence-corrected chi connectivity index (χ2v) is 4.88. The van der Waals surface area contributed by atoms with Gasteiger partial charge in [-0.1, -0.05) is 30.3 Å². The fourth-order valence-electron chi connectivity index (χ4n) is 1.12. The third-order valence-corrected chi connectivity index (χ3v) is 3.40. The van der Waals surface area contributed by atoms with Crippen LogP contribution in [0.2, 0.25) is 0 Å². The van der Waals surface area contributed by atoms with Crippen molar-refractivity contribution < 1.29 is 14.4 Å². The third-order valence-electron chi connectivity index (χ3n) is 2.19. The molecule has 0 atom stereocenters. The summed E-state index contributed by atoms with van der Waals surface area (Å²) in [7, 11) is -4.10. The van der Waals surface area contributed by atoms with Crippen molar-refractivity contribution in [1.29, 1.82) is 0 Å². The van der Waals surface area contributed by atoms with Gasteiger partial charge in [0.2, 0.25) is 0 Å². The standard InChI is InChI=1S/C10H13O3P/c1-8(9(2)14(11,12)13)10-6-4-3-5-7-10/h3-7H,1-2H3,(H2,11,12,13). The summed E-state index contributed by atoms with van der Waals surface area (Å²) in [6.07, 6.45) is 0. The summed E-state index contributed by atoms with van der Waals surface area (Å²) in [4.78, 5) is 17.9. The smallest absolute Gasteiger partial charge is 0.321 e. The number of rotatable bonds is 2. The molecule has 76 valence electrons. The van der Waals surface area contributed by atoms with Crippen molar-refractivity contribution in [3.63, 3.8) is 0 Å². The molecule has 1 aromatic carbocycles. The van der Waals surface area contributed by atoms with Crippen molar-refractivity contribution in [2.24, 2.45) is 0 Å². The molecule has 4 heteroatoms. The Bertz CT molecular complexity index is 389. The zero-order chi connectivity index (χ0) is 10.8. The van der Waals surface area contributed by atoms with Crippen LogP contribution in [0.5, 0.6) is 0 Å². The Balaban J connectivity index is 3.19. The Morgan fingerprint density at radius 1 is 1.14 bits per heavy atom. The fourth-order valence-corrected chi connectivity index (χ4v) is 1.68. The minimum Gasteiger partial charge on any atom is -0.321 e. The van der Waals surface area contributed by atoms with Gasteiger partial charge in [0.1, 0.15) is 0 Å². The molecule has 3 nitrogen and oxygen atoms in total. The summed E-state index contributed by atoms with van der Waals surface area (Å²) in [5.74, 6) is 0. The van der Waals surface area contributed by atoms with E-state index in [1.54, 1.807) is 6.92 Å². The average Bonchev–Trinajstić information content (AvgIpc) is 2.15. The van der Waals surface area contributed by atoms with E-state index >= 15 is 0 Å². The molecule has 1 rings (SSSR count). The molecule has 0 saturated carbocycles. The molecule has 0 aromatic heterocycles. The summed E-state index contributed by atoms with van der Waals surface area (Å²) in [6.45, 7) is 3.17. The molecule has 0 radical (unpaired) electrons. The van der Waals surface area contributed by atoms with E-state index in [9.17, 15) is 4.57 Å². The summed E-state index contributed by atoms with van der Waals surface area (Å²) in [6, 6.07) is 9.20. The number of benzene rings is 1. The van der Waals surface area contributed by atoms with E-state index in [-0.39, 0.29) is 5.31 Å². The average molecular weight is 212 g/mol. The first kappa shape index (κ1) is 11.2. The van der Waals surface area contributed by atoms with Crippen LogP contribution in [0.3, 0.4) is 0 Å². The monoisotopic (exact) mass is 212 g/mol. The quantitative estimate of drug-likeness (QED) is 0.741. The summed E-state index contributed by atoms with van der Waals surface area (Å²) < 4.78 is 11.0. The van der Waals surface area contributed by atoms with E-state index in [1.165, 1.54) is 6.92 Å². The van der Waals surface area contributed by atoms with Crippen LogP contribution in [-0.2, 0) is 4.57 Å². The molecule has 0 bridgehead atoms. The van der Waals surface area contributed by atoms with Crippen molar-refractivity contribution in [2.45, 2.75) is 13.8 Å². The summed E-state index contributed by atoms with van der Waals surface area (Å²) >= 11 is 0. The fraction of sp³-hybridized carbons (Fsp3) is 0.200. The molecule has 0 unspecified atom stereocenters. The molecule has 0 aliphatic rings. The summed E-state index contributed by atoms with van der Waals surface area (Å²) in [5, 5.41) is 0.128. The highest BCUT2D eigenvalue weighted by molar-refractivity contribution is 7.56. The van der Waals surface area contributed by atoms with Gasteiger partial charge >= 0.3 is 7.60 Å². The third kappa shape index (κ3) is 2.55. The van der Waals surface area contributed by atoms with Crippen LogP contribution in [0.1, 0.15) is 19.4 Å². The Morgan fingerprint density at radius 3 is 2.07 bits per heavy atom. The SMILES string of the molecule is CC(=C(C)P(=O)(O)O)c1ccccc1. The topological polar surface area (TPSA) is 57.5 Å². The predicted octanol–water partition coefficient (Wildman–Crippen LogP) is 2.62. The van der Waals surface area contributed by atoms with Gasteiger partial charge in [0.05, 0.1) is 0 Å². The van der Waals surface area contributed by atoms with Crippen LogP contribution in [0, 0.1) is 0 Å². The number of hydrogen-bond donors (Lipinski definition) is 2. The van der Waals surface area contributed by atoms with Crippen LogP contribution in [0.25, 0.3) is 5.57 Å². The molecule has 0 fully saturated rings. The number of hydrogen-bond acceptors (Lipinski definition) is 1. The van der Waals surface area contributed by atoms with Gasteiger partial charge in [0, 0.05) is 5.31 Å². The van der Waals surface area contributed by atoms with Crippen LogP contribution >= 0.6 is 7.60 Å². The van der Waals surface area contributed by atoms with E-state index in [1.807, 2.05) is 30.3 Å². The minimum absolute atomic E-state index is 0.128. The van der Waals surface area contributed by atoms with E-state index in [0.29, 0.717) is 5.57 Å². The molecule has 14 heavy (non-hydrogen) atoms. The molecular formula is C10H13O3P. The largest absolute Gasteiger partial charge is 0.352 e. The molecule has 0 amide bonds. The van der Waals surface area contributed by atoms with Gasteiger partial charge in [-0.3, -0.25) is 4.57 Å². The first-order chi connectivity index (χ1) is 6.43. The molecule has 0 spiro atoms. The second kappa shape index (κ2) is 4.09. The number of allylic oxidation sites excluding steroid dienone is 2. The van der Waals surface area contributed by atoms with Gasteiger partial charge in [-0.25, -0.2) is 0 Å². The molecule has 0 aliphatic heterocycles. The van der Waals surface area contributed by atoms with Gasteiger partial charge in [0.25, 0.3) is 0 Å². The van der Waals surface area contributed by atoms with Gasteiger partial charge < -0.3 is 9.79 Å². The van der Waals surface area contributed by atoms with E-state index < -0.39 is 7.60 Å². The van der Waals surface area contributed by atoms with Crippen LogP contribution < -0.4 is 0 Å². The first-order valence-electron chi connectivity index (χ1n) is 4.22. The van der Waals surface area contributed by atoms with Gasteiger partial charge in [-0.2, -0.15) is 0 Å². The molecular weight excluding hydrogens is 199 g/mol. The highest BCUT2D eigenvalue weighted by Gasteiger charge is 2.18. The van der Waals surface area contributed by atoms with E-state index in [0.717, 1.165) is 5.56 Å². The molecule has 1 aromatic rings. The van der Waals surface area contributed by atoms with Crippen LogP contribution in [0.4, 0.5) is 0 Å². The van der Waals surface area contributed by atoms with E-state index in [2.05, 4.69) is 0 Å². The van der Waals surface area contributed by atoms with Gasteiger partial charge in [-0.15, -0.1) is 0 Å². The van der Waals surface area contributed by atoms with Crippen molar-refractivity contribution >= 4 is 13.2 Å². The Morgan fingerprint density at radius 2 is 1.64 bits per heavy atom. The minimum atomic E-state index is -4.10. The zero-order valence-corrected chi connectivity index (χ0v) is 9.03. The van der Waals surface area contributed by atoms with Crippen molar-refractivity contribution in [1.82, 2.24) is 0 Å². The van der Waals surface area contributed by atoms with Crippen molar-refractivity contribution in [2.75, 3.05) is 0 Å². The van der Waals surface area contributed by atoms with Crippen LogP contribution in [-0.4, -0.2) is 9.79 Å². The van der Waals surface area contributed by atoms with Gasteiger partial charge in [0.15, 0.2) is 0 Å². The van der Waals surface area contributed by atoms with Crippen LogP contribution in [0.15, 0.2) is 35.6 Å². The van der Waals surface area contributed by atoms with Crippen molar-refractivity contribution in [3.05, 3.63) is 41.2 Å². The molecule has 0 saturated heterocycles. The molecule has 0 heterocycles. The first-order valence-corrected chi connectivity index (χ1v) is 5.83. The highest BCUT2D eigenvalue weighted by atomic mass is 31.2. The van der Waals surface area contributed by atoms with Gasteiger partial charge in [-0.05, 0) is 25.0 Å². The molecule has 0 aliphatic carbocycles. The van der Waals surface area contributed by atoms with E-state index in [4.69, 9.17) is 9.79 Å². The Kier molecular flexibility index (Phi) is 3.27. The maximum absolute atomic E-state index is 11.0. The lowest BCUT2D eigenvalue weighted by Gasteiger charge is -2.09. The molecule has 2 N–H and O–H groups in total. The lowest BCUT2D eigenvalue weighted by molar-refractivity contribution is 0.382. The summed E-state index contributed by atoms with van der Waals surface area (Å²) in [5.41, 5.74) is 1.48. The zero-order valence-electron chi connectivity index (χ0n) is 8.14. The Labute approximate surface area is 83.3 Å². The normalized spacial score (nSPS) is 13.7. The highest BCUT2D eigenvalue weighted by Crippen LogP contribution is 2.47. The Hall–Kier alpha value is -0.890. The lowest BCUT2D eigenvalue weighted by atomic mass is 10.1. The van der Waals surface area contributed by atoms with Crippen molar-refractivity contribution in [3.8, 4) is 0 Å². The lowest BCUT2D eigenvalue weighted by Crippen LogP contribution is -1.86. The predicted molar refractivity (Wildman–Crippen MR) is 56.8 cm³/mol. The second-order valence-electron chi connectivity index (χ2n) is 3.12. The maximum atomic E-state index is 11.0. The maximum Gasteiger partial charge on any atom is 0.352 e.